The second-order valence-corrected chi connectivity index (χ2v) is 7.58. The molecule has 2 amide bonds. The van der Waals surface area contributed by atoms with Crippen molar-refractivity contribution < 1.29 is 14.7 Å². The van der Waals surface area contributed by atoms with Crippen LogP contribution in [0.2, 0.25) is 5.02 Å². The molecule has 9 heteroatoms. The molecule has 25 heavy (non-hydrogen) atoms. The Bertz CT molecular complexity index is 820. The van der Waals surface area contributed by atoms with E-state index in [4.69, 9.17) is 11.6 Å². The summed E-state index contributed by atoms with van der Waals surface area (Å²) < 4.78 is 1.37. The molecule has 0 fully saturated rings. The maximum atomic E-state index is 11.9. The normalized spacial score (nSPS) is 10.7. The Morgan fingerprint density at radius 2 is 1.88 bits per heavy atom. The van der Waals surface area contributed by atoms with Crippen LogP contribution >= 0.6 is 56.8 Å². The zero-order valence-corrected chi connectivity index (χ0v) is 17.7. The van der Waals surface area contributed by atoms with Crippen LogP contribution in [0.1, 0.15) is 15.9 Å². The van der Waals surface area contributed by atoms with Gasteiger partial charge in [0.15, 0.2) is 0 Å². The molecule has 0 aromatic heterocycles. The molecule has 2 aromatic carbocycles. The number of aromatic hydroxyl groups is 1. The Morgan fingerprint density at radius 3 is 2.52 bits per heavy atom. The molecule has 0 saturated carbocycles. The highest BCUT2D eigenvalue weighted by molar-refractivity contribution is 14.1. The van der Waals surface area contributed by atoms with Gasteiger partial charge in [-0.25, -0.2) is 5.43 Å². The highest BCUT2D eigenvalue weighted by atomic mass is 127. The summed E-state index contributed by atoms with van der Waals surface area (Å²) >= 11 is 9.83. The molecule has 130 valence electrons. The first-order valence-corrected chi connectivity index (χ1v) is 9.44. The second kappa shape index (κ2) is 9.34. The smallest absolute Gasteiger partial charge is 0.259 e. The van der Waals surface area contributed by atoms with Crippen LogP contribution in [-0.2, 0) is 4.79 Å². The van der Waals surface area contributed by atoms with Gasteiger partial charge in [-0.1, -0.05) is 17.7 Å². The number of amides is 2. The first-order chi connectivity index (χ1) is 11.9. The lowest BCUT2D eigenvalue weighted by atomic mass is 10.2. The lowest BCUT2D eigenvalue weighted by molar-refractivity contribution is -0.120. The third-order valence-electron chi connectivity index (χ3n) is 2.94. The molecule has 0 aliphatic heterocycles. The predicted molar refractivity (Wildman–Crippen MR) is 113 cm³/mol. The van der Waals surface area contributed by atoms with Crippen molar-refractivity contribution in [1.82, 2.24) is 10.7 Å². The molecule has 0 radical (unpaired) electrons. The quantitative estimate of drug-likeness (QED) is 0.287. The molecule has 2 rings (SSSR count). The van der Waals surface area contributed by atoms with Crippen LogP contribution in [0.5, 0.6) is 5.75 Å². The van der Waals surface area contributed by atoms with Gasteiger partial charge >= 0.3 is 0 Å². The summed E-state index contributed by atoms with van der Waals surface area (Å²) in [5, 5.41) is 16.5. The molecule has 2 aromatic rings. The minimum Gasteiger partial charge on any atom is -0.506 e. The average molecular weight is 584 g/mol. The van der Waals surface area contributed by atoms with Gasteiger partial charge in [0.1, 0.15) is 5.75 Å². The molecule has 0 saturated heterocycles. The number of hydrogen-bond donors (Lipinski definition) is 3. The van der Waals surface area contributed by atoms with E-state index in [0.29, 0.717) is 17.7 Å². The Morgan fingerprint density at radius 1 is 1.20 bits per heavy atom. The van der Waals surface area contributed by atoms with E-state index in [1.165, 1.54) is 12.3 Å². The minimum atomic E-state index is -0.463. The molecule has 0 spiro atoms. The van der Waals surface area contributed by atoms with Crippen LogP contribution in [0.25, 0.3) is 0 Å². The van der Waals surface area contributed by atoms with E-state index in [9.17, 15) is 14.7 Å². The second-order valence-electron chi connectivity index (χ2n) is 4.82. The Kier molecular flexibility index (Phi) is 7.44. The Hall–Kier alpha value is -1.40. The van der Waals surface area contributed by atoms with E-state index in [-0.39, 0.29) is 12.3 Å². The fraction of sp³-hybridized carbons (Fsp3) is 0.0625. The summed E-state index contributed by atoms with van der Waals surface area (Å²) in [4.78, 5) is 23.6. The van der Waals surface area contributed by atoms with Gasteiger partial charge in [-0.3, -0.25) is 9.59 Å². The molecule has 0 aliphatic carbocycles. The fourth-order valence-electron chi connectivity index (χ4n) is 1.77. The average Bonchev–Trinajstić information content (AvgIpc) is 2.57. The van der Waals surface area contributed by atoms with Crippen molar-refractivity contribution in [3.8, 4) is 5.75 Å². The topological polar surface area (TPSA) is 90.8 Å². The summed E-state index contributed by atoms with van der Waals surface area (Å²) in [6, 6.07) is 9.89. The van der Waals surface area contributed by atoms with Gasteiger partial charge in [0, 0.05) is 10.6 Å². The number of hydrogen-bond acceptors (Lipinski definition) is 4. The number of carbonyl (C=O) groups is 2. The lowest BCUT2D eigenvalue weighted by Crippen LogP contribution is -2.34. The van der Waals surface area contributed by atoms with Crippen LogP contribution in [0, 0.1) is 7.14 Å². The van der Waals surface area contributed by atoms with Gasteiger partial charge in [-0.15, -0.1) is 0 Å². The van der Waals surface area contributed by atoms with E-state index in [0.717, 1.165) is 5.56 Å². The van der Waals surface area contributed by atoms with E-state index in [2.05, 4.69) is 15.8 Å². The zero-order valence-electron chi connectivity index (χ0n) is 12.6. The van der Waals surface area contributed by atoms with Gasteiger partial charge in [-0.05, 0) is 81.1 Å². The van der Waals surface area contributed by atoms with Crippen LogP contribution in [0.15, 0.2) is 41.5 Å². The molecule has 6 nitrogen and oxygen atoms in total. The number of rotatable bonds is 5. The zero-order chi connectivity index (χ0) is 18.4. The van der Waals surface area contributed by atoms with Gasteiger partial charge in [0.05, 0.1) is 19.9 Å². The van der Waals surface area contributed by atoms with Crippen molar-refractivity contribution in [1.29, 1.82) is 0 Å². The predicted octanol–water partition coefficient (Wildman–Crippen LogP) is 3.13. The Labute approximate surface area is 176 Å². The highest BCUT2D eigenvalue weighted by Crippen LogP contribution is 2.26. The van der Waals surface area contributed by atoms with E-state index >= 15 is 0 Å². The van der Waals surface area contributed by atoms with Gasteiger partial charge < -0.3 is 10.4 Å². The largest absolute Gasteiger partial charge is 0.506 e. The Balaban J connectivity index is 1.85. The highest BCUT2D eigenvalue weighted by Gasteiger charge is 2.08. The first kappa shape index (κ1) is 19.9. The van der Waals surface area contributed by atoms with E-state index in [1.807, 2.05) is 45.2 Å². The van der Waals surface area contributed by atoms with Crippen LogP contribution < -0.4 is 10.7 Å². The number of phenols is 1. The molecule has 3 N–H and O–H groups in total. The minimum absolute atomic E-state index is 0.214. The number of phenolic OH excluding ortho intramolecular Hbond substituents is 1. The molecule has 0 heterocycles. The third kappa shape index (κ3) is 6.12. The monoisotopic (exact) mass is 583 g/mol. The summed E-state index contributed by atoms with van der Waals surface area (Å²) in [5.41, 5.74) is 3.43. The first-order valence-electron chi connectivity index (χ1n) is 6.90. The lowest BCUT2D eigenvalue weighted by Gasteiger charge is -2.05. The van der Waals surface area contributed by atoms with E-state index < -0.39 is 11.8 Å². The van der Waals surface area contributed by atoms with Crippen molar-refractivity contribution in [2.24, 2.45) is 5.10 Å². The van der Waals surface area contributed by atoms with Crippen molar-refractivity contribution in [3.63, 3.8) is 0 Å². The van der Waals surface area contributed by atoms with Crippen LogP contribution in [0.4, 0.5) is 0 Å². The van der Waals surface area contributed by atoms with Crippen LogP contribution in [0.3, 0.4) is 0 Å². The van der Waals surface area contributed by atoms with Gasteiger partial charge in [0.2, 0.25) is 0 Å². The number of halogens is 3. The molecular weight excluding hydrogens is 571 g/mol. The van der Waals surface area contributed by atoms with Gasteiger partial charge in [-0.2, -0.15) is 5.10 Å². The van der Waals surface area contributed by atoms with Gasteiger partial charge in [0.25, 0.3) is 11.8 Å². The number of nitrogens with zero attached hydrogens (tertiary/aromatic N) is 1. The molecule has 0 aliphatic rings. The number of nitrogens with one attached hydrogen (secondary N) is 2. The molecule has 0 bridgehead atoms. The maximum absolute atomic E-state index is 11.9. The van der Waals surface area contributed by atoms with Crippen LogP contribution in [-0.4, -0.2) is 29.7 Å². The number of carbonyl (C=O) groups excluding carboxylic acids is 2. The number of hydrazone groups is 1. The number of benzene rings is 2. The molecular formula is C16H12ClI2N3O3. The summed E-state index contributed by atoms with van der Waals surface area (Å²) in [7, 11) is 0. The maximum Gasteiger partial charge on any atom is 0.259 e. The summed E-state index contributed by atoms with van der Waals surface area (Å²) in [5.74, 6) is -0.648. The van der Waals surface area contributed by atoms with Crippen molar-refractivity contribution in [2.75, 3.05) is 6.54 Å². The third-order valence-corrected chi connectivity index (χ3v) is 4.82. The standard InChI is InChI=1S/C16H12ClI2N3O3/c17-11-3-1-2-10(6-11)16(25)20-8-14(23)22-21-7-9-4-12(18)15(24)13(19)5-9/h1-7,24H,8H2,(H,20,25)(H,22,23). The summed E-state index contributed by atoms with van der Waals surface area (Å²) in [6.07, 6.45) is 1.46. The van der Waals surface area contributed by atoms with Crippen molar-refractivity contribution >= 4 is 74.8 Å². The van der Waals surface area contributed by atoms with Crippen molar-refractivity contribution in [2.45, 2.75) is 0 Å². The summed E-state index contributed by atoms with van der Waals surface area (Å²) in [6.45, 7) is -0.215. The SMILES string of the molecule is O=C(CNC(=O)c1cccc(Cl)c1)NN=Cc1cc(I)c(O)c(I)c1. The fourth-order valence-corrected chi connectivity index (χ4v) is 3.78. The molecule has 0 atom stereocenters. The molecule has 0 unspecified atom stereocenters. The van der Waals surface area contributed by atoms with E-state index in [1.54, 1.807) is 30.3 Å². The van der Waals surface area contributed by atoms with Crippen molar-refractivity contribution in [3.05, 3.63) is 59.7 Å².